The summed E-state index contributed by atoms with van der Waals surface area (Å²) in [6.45, 7) is 0.640. The van der Waals surface area contributed by atoms with Gasteiger partial charge in [0.2, 0.25) is 12.7 Å². The molecule has 1 aromatic heterocycles. The maximum absolute atomic E-state index is 12.4. The van der Waals surface area contributed by atoms with E-state index >= 15 is 0 Å². The third-order valence-electron chi connectivity index (χ3n) is 5.18. The summed E-state index contributed by atoms with van der Waals surface area (Å²) in [6, 6.07) is 13.2. The molecule has 0 aliphatic carbocycles. The molecule has 0 radical (unpaired) electrons. The van der Waals surface area contributed by atoms with E-state index < -0.39 is 0 Å². The monoisotopic (exact) mass is 422 g/mol. The van der Waals surface area contributed by atoms with Gasteiger partial charge >= 0.3 is 0 Å². The van der Waals surface area contributed by atoms with Crippen LogP contribution in [0.15, 0.2) is 54.9 Å². The van der Waals surface area contributed by atoms with Gasteiger partial charge in [0.25, 0.3) is 0 Å². The van der Waals surface area contributed by atoms with Crippen molar-refractivity contribution in [1.82, 2.24) is 10.3 Å². The summed E-state index contributed by atoms with van der Waals surface area (Å²) in [6.07, 6.45) is 4.30. The van der Waals surface area contributed by atoms with Crippen molar-refractivity contribution in [3.05, 3.63) is 71.0 Å². The standard InChI is InChI=1S/C23H19ClN2O4/c24-17-9-16-10-18(30-23(16)19(11-17)15-3-5-25-6-4-15)12-26-22(27)8-14-1-2-20-21(7-14)29-13-28-20/h1-7,9,11,18H,8,10,12-13H2,(H,26,27). The van der Waals surface area contributed by atoms with Crippen LogP contribution in [0.3, 0.4) is 0 Å². The summed E-state index contributed by atoms with van der Waals surface area (Å²) in [5.74, 6) is 2.14. The average molecular weight is 423 g/mol. The first kappa shape index (κ1) is 18.8. The Morgan fingerprint density at radius 2 is 1.93 bits per heavy atom. The highest BCUT2D eigenvalue weighted by Gasteiger charge is 2.27. The molecule has 0 saturated carbocycles. The van der Waals surface area contributed by atoms with Crippen molar-refractivity contribution >= 4 is 17.5 Å². The highest BCUT2D eigenvalue weighted by atomic mass is 35.5. The van der Waals surface area contributed by atoms with Crippen LogP contribution in [0.2, 0.25) is 5.02 Å². The van der Waals surface area contributed by atoms with E-state index in [1.165, 1.54) is 0 Å². The molecule has 0 bridgehead atoms. The lowest BCUT2D eigenvalue weighted by Gasteiger charge is -2.14. The van der Waals surface area contributed by atoms with Crippen LogP contribution in [-0.2, 0) is 17.6 Å². The summed E-state index contributed by atoms with van der Waals surface area (Å²) in [7, 11) is 0. The molecule has 2 aliphatic rings. The first-order valence-corrected chi connectivity index (χ1v) is 10.1. The van der Waals surface area contributed by atoms with Crippen molar-refractivity contribution in [1.29, 1.82) is 0 Å². The van der Waals surface area contributed by atoms with Gasteiger partial charge in [-0.25, -0.2) is 0 Å². The number of benzene rings is 2. The molecule has 3 aromatic rings. The molecule has 5 rings (SSSR count). The van der Waals surface area contributed by atoms with Crippen LogP contribution in [0.25, 0.3) is 11.1 Å². The minimum Gasteiger partial charge on any atom is -0.487 e. The van der Waals surface area contributed by atoms with Crippen LogP contribution < -0.4 is 19.5 Å². The van der Waals surface area contributed by atoms with Gasteiger partial charge in [-0.1, -0.05) is 17.7 Å². The lowest BCUT2D eigenvalue weighted by atomic mass is 10.0. The number of carbonyl (C=O) groups is 1. The van der Waals surface area contributed by atoms with Gasteiger partial charge < -0.3 is 19.5 Å². The number of rotatable bonds is 5. The Labute approximate surface area is 178 Å². The number of nitrogens with one attached hydrogen (secondary N) is 1. The molecule has 3 heterocycles. The number of aromatic nitrogens is 1. The highest BCUT2D eigenvalue weighted by Crippen LogP contribution is 2.40. The Morgan fingerprint density at radius 3 is 2.80 bits per heavy atom. The zero-order valence-corrected chi connectivity index (χ0v) is 16.8. The predicted molar refractivity (Wildman–Crippen MR) is 112 cm³/mol. The molecule has 6 nitrogen and oxygen atoms in total. The van der Waals surface area contributed by atoms with E-state index in [1.54, 1.807) is 12.4 Å². The largest absolute Gasteiger partial charge is 0.487 e. The van der Waals surface area contributed by atoms with Crippen molar-refractivity contribution in [2.24, 2.45) is 0 Å². The number of hydrogen-bond donors (Lipinski definition) is 1. The van der Waals surface area contributed by atoms with Crippen LogP contribution in [0, 0.1) is 0 Å². The van der Waals surface area contributed by atoms with Crippen LogP contribution in [0.4, 0.5) is 0 Å². The first-order valence-electron chi connectivity index (χ1n) is 9.70. The molecule has 152 valence electrons. The lowest BCUT2D eigenvalue weighted by molar-refractivity contribution is -0.120. The topological polar surface area (TPSA) is 69.7 Å². The second-order valence-corrected chi connectivity index (χ2v) is 7.73. The van der Waals surface area contributed by atoms with Crippen LogP contribution >= 0.6 is 11.6 Å². The summed E-state index contributed by atoms with van der Waals surface area (Å²) < 4.78 is 16.8. The van der Waals surface area contributed by atoms with Gasteiger partial charge in [0.05, 0.1) is 13.0 Å². The minimum atomic E-state index is -0.139. The summed E-state index contributed by atoms with van der Waals surface area (Å²) in [4.78, 5) is 16.5. The van der Waals surface area contributed by atoms with Gasteiger partial charge in [-0.3, -0.25) is 9.78 Å². The van der Waals surface area contributed by atoms with Gasteiger partial charge in [-0.2, -0.15) is 0 Å². The number of nitrogens with zero attached hydrogens (tertiary/aromatic N) is 1. The molecule has 1 unspecified atom stereocenters. The highest BCUT2D eigenvalue weighted by molar-refractivity contribution is 6.31. The molecule has 30 heavy (non-hydrogen) atoms. The SMILES string of the molecule is O=C(Cc1ccc2c(c1)OCO2)NCC1Cc2cc(Cl)cc(-c3ccncc3)c2O1. The number of amides is 1. The normalized spacial score (nSPS) is 16.1. The fraction of sp³-hybridized carbons (Fsp3) is 0.217. The number of hydrogen-bond acceptors (Lipinski definition) is 5. The second kappa shape index (κ2) is 7.88. The van der Waals surface area contributed by atoms with Crippen molar-refractivity contribution in [2.45, 2.75) is 18.9 Å². The van der Waals surface area contributed by atoms with E-state index in [9.17, 15) is 4.79 Å². The Hall–Kier alpha value is -3.25. The van der Waals surface area contributed by atoms with Gasteiger partial charge in [-0.15, -0.1) is 0 Å². The number of pyridine rings is 1. The Balaban J connectivity index is 1.23. The lowest BCUT2D eigenvalue weighted by Crippen LogP contribution is -2.35. The molecule has 1 atom stereocenters. The van der Waals surface area contributed by atoms with Crippen LogP contribution in [0.5, 0.6) is 17.2 Å². The van der Waals surface area contributed by atoms with Gasteiger partial charge in [0.15, 0.2) is 11.5 Å². The smallest absolute Gasteiger partial charge is 0.231 e. The molecule has 1 amide bonds. The predicted octanol–water partition coefficient (Wildman–Crippen LogP) is 3.79. The van der Waals surface area contributed by atoms with E-state index in [4.69, 9.17) is 25.8 Å². The van der Waals surface area contributed by atoms with E-state index in [0.717, 1.165) is 28.0 Å². The third-order valence-corrected chi connectivity index (χ3v) is 5.40. The Bertz CT molecular complexity index is 1100. The first-order chi connectivity index (χ1) is 14.7. The molecule has 7 heteroatoms. The number of carbonyl (C=O) groups excluding carboxylic acids is 1. The summed E-state index contributed by atoms with van der Waals surface area (Å²) >= 11 is 6.32. The minimum absolute atomic E-state index is 0.0687. The van der Waals surface area contributed by atoms with Crippen molar-refractivity contribution < 1.29 is 19.0 Å². The molecular weight excluding hydrogens is 404 g/mol. The number of ether oxygens (including phenoxy) is 3. The van der Waals surface area contributed by atoms with Gasteiger partial charge in [0, 0.05) is 35.0 Å². The van der Waals surface area contributed by atoms with E-state index in [-0.39, 0.29) is 25.2 Å². The molecule has 1 N–H and O–H groups in total. The molecule has 0 spiro atoms. The number of halogens is 1. The second-order valence-electron chi connectivity index (χ2n) is 7.29. The average Bonchev–Trinajstić information content (AvgIpc) is 3.38. The van der Waals surface area contributed by atoms with Crippen molar-refractivity contribution in [2.75, 3.05) is 13.3 Å². The van der Waals surface area contributed by atoms with E-state index in [1.807, 2.05) is 42.5 Å². The summed E-state index contributed by atoms with van der Waals surface area (Å²) in [5, 5.41) is 3.63. The Morgan fingerprint density at radius 1 is 1.10 bits per heavy atom. The van der Waals surface area contributed by atoms with Crippen LogP contribution in [0.1, 0.15) is 11.1 Å². The zero-order valence-electron chi connectivity index (χ0n) is 16.1. The fourth-order valence-electron chi connectivity index (χ4n) is 3.78. The van der Waals surface area contributed by atoms with E-state index in [2.05, 4.69) is 10.3 Å². The van der Waals surface area contributed by atoms with Crippen molar-refractivity contribution in [3.8, 4) is 28.4 Å². The summed E-state index contributed by atoms with van der Waals surface area (Å²) in [5.41, 5.74) is 3.86. The van der Waals surface area contributed by atoms with Gasteiger partial charge in [-0.05, 0) is 47.5 Å². The van der Waals surface area contributed by atoms with Crippen LogP contribution in [-0.4, -0.2) is 30.3 Å². The quantitative estimate of drug-likeness (QED) is 0.677. The Kier molecular flexibility index (Phi) is 4.93. The fourth-order valence-corrected chi connectivity index (χ4v) is 4.02. The molecule has 2 aromatic carbocycles. The van der Waals surface area contributed by atoms with Gasteiger partial charge in [0.1, 0.15) is 11.9 Å². The molecule has 0 fully saturated rings. The van der Waals surface area contributed by atoms with Crippen molar-refractivity contribution in [3.63, 3.8) is 0 Å². The molecule has 2 aliphatic heterocycles. The maximum atomic E-state index is 12.4. The molecular formula is C23H19ClN2O4. The number of fused-ring (bicyclic) bond motifs is 2. The van der Waals surface area contributed by atoms with E-state index in [0.29, 0.717) is 29.5 Å². The zero-order chi connectivity index (χ0) is 20.5. The maximum Gasteiger partial charge on any atom is 0.231 e. The molecule has 0 saturated heterocycles. The third kappa shape index (κ3) is 3.78.